The topological polar surface area (TPSA) is 107 Å². The molecule has 2 N–H and O–H groups in total. The van der Waals surface area contributed by atoms with E-state index in [1.165, 1.54) is 32.3 Å². The van der Waals surface area contributed by atoms with E-state index < -0.39 is 22.1 Å². The molecule has 1 fully saturated rings. The van der Waals surface area contributed by atoms with Gasteiger partial charge in [0.25, 0.3) is 5.91 Å². The van der Waals surface area contributed by atoms with Gasteiger partial charge in [0.05, 0.1) is 16.8 Å². The smallest absolute Gasteiger partial charge is 0.335 e. The molecule has 0 bridgehead atoms. The van der Waals surface area contributed by atoms with Gasteiger partial charge in [-0.3, -0.25) is 4.79 Å². The summed E-state index contributed by atoms with van der Waals surface area (Å²) in [6.07, 6.45) is 1.85. The van der Waals surface area contributed by atoms with Crippen molar-refractivity contribution in [2.24, 2.45) is 0 Å². The van der Waals surface area contributed by atoms with Crippen LogP contribution in [-0.2, 0) is 10.2 Å². The van der Waals surface area contributed by atoms with Crippen molar-refractivity contribution in [3.8, 4) is 0 Å². The van der Waals surface area contributed by atoms with E-state index >= 15 is 0 Å². The van der Waals surface area contributed by atoms with Crippen LogP contribution in [0.15, 0.2) is 18.2 Å². The zero-order valence-electron chi connectivity index (χ0n) is 13.8. The molecule has 8 nitrogen and oxygen atoms in total. The van der Waals surface area contributed by atoms with Crippen LogP contribution in [0.2, 0.25) is 0 Å². The summed E-state index contributed by atoms with van der Waals surface area (Å²) in [4.78, 5) is 25.6. The number of rotatable bonds is 5. The minimum absolute atomic E-state index is 0.0520. The Hall–Kier alpha value is -2.13. The van der Waals surface area contributed by atoms with Crippen LogP contribution in [0.4, 0.5) is 5.69 Å². The SMILES string of the molecule is C[C@H]1CCCN1c1cc(C(=O)O)ccc1C(=O)NS(=O)(=O)N(C)C. The number of anilines is 1. The quantitative estimate of drug-likeness (QED) is 0.813. The summed E-state index contributed by atoms with van der Waals surface area (Å²) in [5, 5.41) is 9.19. The summed E-state index contributed by atoms with van der Waals surface area (Å²) in [5.41, 5.74) is 0.627. The second kappa shape index (κ2) is 6.78. The first kappa shape index (κ1) is 18.2. The molecule has 0 spiro atoms. The van der Waals surface area contributed by atoms with Crippen molar-refractivity contribution in [1.29, 1.82) is 0 Å². The Morgan fingerprint density at radius 3 is 2.50 bits per heavy atom. The lowest BCUT2D eigenvalue weighted by molar-refractivity contribution is 0.0696. The molecule has 9 heteroatoms. The van der Waals surface area contributed by atoms with Gasteiger partial charge < -0.3 is 10.0 Å². The van der Waals surface area contributed by atoms with Crippen LogP contribution in [0.1, 0.15) is 40.5 Å². The molecule has 2 rings (SSSR count). The second-order valence-corrected chi connectivity index (χ2v) is 7.82. The molecule has 1 atom stereocenters. The standard InChI is InChI=1S/C15H21N3O5S/c1-10-5-4-8-18(10)13-9-11(15(20)21)6-7-12(13)14(19)16-24(22,23)17(2)3/h6-7,9-10H,4-5,8H2,1-3H3,(H,16,19)(H,20,21)/t10-/m0/s1. The average Bonchev–Trinajstić information content (AvgIpc) is 2.91. The molecular weight excluding hydrogens is 334 g/mol. The number of aromatic carboxylic acids is 1. The predicted octanol–water partition coefficient (Wildman–Crippen LogP) is 0.910. The van der Waals surface area contributed by atoms with Crippen LogP contribution < -0.4 is 9.62 Å². The molecule has 1 aromatic rings. The van der Waals surface area contributed by atoms with Crippen LogP contribution in [0.5, 0.6) is 0 Å². The summed E-state index contributed by atoms with van der Waals surface area (Å²) < 4.78 is 26.6. The lowest BCUT2D eigenvalue weighted by Crippen LogP contribution is -2.40. The van der Waals surface area contributed by atoms with Crippen LogP contribution >= 0.6 is 0 Å². The predicted molar refractivity (Wildman–Crippen MR) is 89.5 cm³/mol. The van der Waals surface area contributed by atoms with Gasteiger partial charge in [0.1, 0.15) is 0 Å². The number of amides is 1. The molecule has 1 aromatic carbocycles. The van der Waals surface area contributed by atoms with Crippen molar-refractivity contribution in [1.82, 2.24) is 9.03 Å². The average molecular weight is 355 g/mol. The number of nitrogens with one attached hydrogen (secondary N) is 1. The Morgan fingerprint density at radius 1 is 1.33 bits per heavy atom. The highest BCUT2D eigenvalue weighted by atomic mass is 32.2. The third kappa shape index (κ3) is 3.68. The van der Waals surface area contributed by atoms with E-state index in [-0.39, 0.29) is 17.2 Å². The van der Waals surface area contributed by atoms with Crippen molar-refractivity contribution in [3.63, 3.8) is 0 Å². The number of hydrogen-bond acceptors (Lipinski definition) is 5. The van der Waals surface area contributed by atoms with E-state index in [1.807, 2.05) is 16.5 Å². The molecule has 0 radical (unpaired) electrons. The maximum Gasteiger partial charge on any atom is 0.335 e. The van der Waals surface area contributed by atoms with Crippen LogP contribution in [0.25, 0.3) is 0 Å². The van der Waals surface area contributed by atoms with Crippen molar-refractivity contribution >= 4 is 27.8 Å². The van der Waals surface area contributed by atoms with Gasteiger partial charge in [-0.15, -0.1) is 0 Å². The Labute approximate surface area is 141 Å². The largest absolute Gasteiger partial charge is 0.478 e. The minimum Gasteiger partial charge on any atom is -0.478 e. The first-order valence-electron chi connectivity index (χ1n) is 7.52. The molecule has 24 heavy (non-hydrogen) atoms. The maximum absolute atomic E-state index is 12.4. The Bertz CT molecular complexity index is 760. The molecule has 1 aliphatic heterocycles. The van der Waals surface area contributed by atoms with Gasteiger partial charge in [-0.2, -0.15) is 12.7 Å². The molecule has 1 saturated heterocycles. The normalized spacial score (nSPS) is 18.0. The molecule has 1 aliphatic rings. The van der Waals surface area contributed by atoms with Crippen LogP contribution in [-0.4, -0.2) is 56.4 Å². The molecular formula is C15H21N3O5S. The molecule has 1 amide bonds. The highest BCUT2D eigenvalue weighted by Gasteiger charge is 2.27. The fraction of sp³-hybridized carbons (Fsp3) is 0.467. The lowest BCUT2D eigenvalue weighted by Gasteiger charge is -2.26. The van der Waals surface area contributed by atoms with Crippen molar-refractivity contribution in [2.45, 2.75) is 25.8 Å². The molecule has 1 heterocycles. The van der Waals surface area contributed by atoms with E-state index in [0.29, 0.717) is 12.2 Å². The number of nitrogens with zero attached hydrogens (tertiary/aromatic N) is 2. The number of carbonyl (C=O) groups is 2. The van der Waals surface area contributed by atoms with E-state index in [4.69, 9.17) is 0 Å². The van der Waals surface area contributed by atoms with Gasteiger partial charge in [0.15, 0.2) is 0 Å². The van der Waals surface area contributed by atoms with Gasteiger partial charge in [-0.25, -0.2) is 9.52 Å². The fourth-order valence-electron chi connectivity index (χ4n) is 2.65. The summed E-state index contributed by atoms with van der Waals surface area (Å²) in [7, 11) is -1.30. The van der Waals surface area contributed by atoms with E-state index in [1.54, 1.807) is 0 Å². The molecule has 0 saturated carbocycles. The maximum atomic E-state index is 12.4. The molecule has 0 aliphatic carbocycles. The third-order valence-corrected chi connectivity index (χ3v) is 5.46. The van der Waals surface area contributed by atoms with Gasteiger partial charge >= 0.3 is 16.2 Å². The number of hydrogen-bond donors (Lipinski definition) is 2. The first-order valence-corrected chi connectivity index (χ1v) is 8.96. The number of carboxylic acid groups (broad SMARTS) is 1. The zero-order valence-corrected chi connectivity index (χ0v) is 14.6. The monoisotopic (exact) mass is 355 g/mol. The lowest BCUT2D eigenvalue weighted by atomic mass is 10.1. The van der Waals surface area contributed by atoms with Gasteiger partial charge in [0.2, 0.25) is 0 Å². The minimum atomic E-state index is -3.93. The second-order valence-electron chi connectivity index (χ2n) is 5.94. The van der Waals surface area contributed by atoms with Gasteiger partial charge in [-0.1, -0.05) is 0 Å². The van der Waals surface area contributed by atoms with Crippen molar-refractivity contribution in [3.05, 3.63) is 29.3 Å². The number of carboxylic acids is 1. The highest BCUT2D eigenvalue weighted by Crippen LogP contribution is 2.30. The Morgan fingerprint density at radius 2 is 2.00 bits per heavy atom. The van der Waals surface area contributed by atoms with E-state index in [9.17, 15) is 23.1 Å². The van der Waals surface area contributed by atoms with Gasteiger partial charge in [-0.05, 0) is 38.0 Å². The fourth-order valence-corrected chi connectivity index (χ4v) is 3.18. The van der Waals surface area contributed by atoms with E-state index in [2.05, 4.69) is 0 Å². The summed E-state index contributed by atoms with van der Waals surface area (Å²) in [6.45, 7) is 2.67. The van der Waals surface area contributed by atoms with E-state index in [0.717, 1.165) is 17.1 Å². The van der Waals surface area contributed by atoms with Gasteiger partial charge in [0, 0.05) is 26.7 Å². The Balaban J connectivity index is 2.45. The Kier molecular flexibility index (Phi) is 5.14. The first-order chi connectivity index (χ1) is 11.1. The molecule has 0 aromatic heterocycles. The zero-order chi connectivity index (χ0) is 18.1. The molecule has 0 unspecified atom stereocenters. The highest BCUT2D eigenvalue weighted by molar-refractivity contribution is 7.87. The molecule has 132 valence electrons. The summed E-state index contributed by atoms with van der Waals surface area (Å²) in [5.74, 6) is -1.88. The summed E-state index contributed by atoms with van der Waals surface area (Å²) >= 11 is 0. The third-order valence-electron chi connectivity index (χ3n) is 4.05. The number of carbonyl (C=O) groups excluding carboxylic acids is 1. The van der Waals surface area contributed by atoms with Crippen LogP contribution in [0, 0.1) is 0 Å². The van der Waals surface area contributed by atoms with Crippen LogP contribution in [0.3, 0.4) is 0 Å². The van der Waals surface area contributed by atoms with Crippen molar-refractivity contribution < 1.29 is 23.1 Å². The van der Waals surface area contributed by atoms with Crippen molar-refractivity contribution in [2.75, 3.05) is 25.5 Å². The number of benzene rings is 1. The summed E-state index contributed by atoms with van der Waals surface area (Å²) in [6, 6.07) is 4.21.